The first kappa shape index (κ1) is 21.4. The molecular formula is C25H26FN3O. The number of ether oxygens (including phenoxy) is 1. The summed E-state index contributed by atoms with van der Waals surface area (Å²) in [5, 5.41) is 9.37. The Balaban J connectivity index is 0.000000310. The number of hydrogen-bond donors (Lipinski definition) is 0. The molecule has 1 aliphatic heterocycles. The summed E-state index contributed by atoms with van der Waals surface area (Å²) >= 11 is 0. The van der Waals surface area contributed by atoms with E-state index in [2.05, 4.69) is 46.2 Å². The van der Waals surface area contributed by atoms with Gasteiger partial charge in [0.1, 0.15) is 17.6 Å². The van der Waals surface area contributed by atoms with Crippen LogP contribution >= 0.6 is 0 Å². The lowest BCUT2D eigenvalue weighted by molar-refractivity contribution is 0.250. The van der Waals surface area contributed by atoms with Crippen molar-refractivity contribution < 1.29 is 9.13 Å². The van der Waals surface area contributed by atoms with Gasteiger partial charge in [0, 0.05) is 32.7 Å². The van der Waals surface area contributed by atoms with Crippen molar-refractivity contribution >= 4 is 5.69 Å². The van der Waals surface area contributed by atoms with Crippen molar-refractivity contribution in [2.24, 2.45) is 0 Å². The summed E-state index contributed by atoms with van der Waals surface area (Å²) in [5.41, 5.74) is 3.04. The zero-order valence-electron chi connectivity index (χ0n) is 17.2. The van der Waals surface area contributed by atoms with Gasteiger partial charge in [-0.05, 0) is 35.9 Å². The number of hydrogen-bond acceptors (Lipinski definition) is 4. The largest absolute Gasteiger partial charge is 0.497 e. The van der Waals surface area contributed by atoms with Gasteiger partial charge in [-0.1, -0.05) is 48.5 Å². The predicted molar refractivity (Wildman–Crippen MR) is 118 cm³/mol. The first-order valence-corrected chi connectivity index (χ1v) is 9.99. The van der Waals surface area contributed by atoms with Gasteiger partial charge in [-0.25, -0.2) is 4.39 Å². The third-order valence-corrected chi connectivity index (χ3v) is 5.02. The third-order valence-electron chi connectivity index (χ3n) is 5.02. The second-order valence-electron chi connectivity index (χ2n) is 7.04. The monoisotopic (exact) mass is 403 g/mol. The van der Waals surface area contributed by atoms with Gasteiger partial charge in [-0.2, -0.15) is 5.26 Å². The second-order valence-corrected chi connectivity index (χ2v) is 7.04. The van der Waals surface area contributed by atoms with Crippen LogP contribution in [0.25, 0.3) is 0 Å². The Morgan fingerprint density at radius 2 is 1.53 bits per heavy atom. The van der Waals surface area contributed by atoms with E-state index in [0.717, 1.165) is 44.2 Å². The first-order chi connectivity index (χ1) is 14.7. The van der Waals surface area contributed by atoms with Crippen molar-refractivity contribution in [2.75, 3.05) is 38.2 Å². The Morgan fingerprint density at radius 3 is 2.07 bits per heavy atom. The van der Waals surface area contributed by atoms with E-state index in [1.54, 1.807) is 25.3 Å². The normalized spacial score (nSPS) is 13.7. The number of piperazine rings is 1. The molecule has 0 N–H and O–H groups in total. The number of benzene rings is 3. The molecule has 1 fully saturated rings. The highest BCUT2D eigenvalue weighted by Gasteiger charge is 2.19. The molecule has 4 rings (SSSR count). The Bertz CT molecular complexity index is 949. The molecule has 30 heavy (non-hydrogen) atoms. The molecule has 1 saturated heterocycles. The summed E-state index contributed by atoms with van der Waals surface area (Å²) in [6.45, 7) is 4.88. The maximum absolute atomic E-state index is 11.9. The van der Waals surface area contributed by atoms with Crippen molar-refractivity contribution in [3.63, 3.8) is 0 Å². The van der Waals surface area contributed by atoms with Gasteiger partial charge in [0.05, 0.1) is 18.4 Å². The van der Waals surface area contributed by atoms with Crippen LogP contribution < -0.4 is 9.64 Å². The Morgan fingerprint density at radius 1 is 0.900 bits per heavy atom. The number of halogens is 1. The highest BCUT2D eigenvalue weighted by Crippen LogP contribution is 2.26. The second kappa shape index (κ2) is 11.0. The van der Waals surface area contributed by atoms with Crippen LogP contribution in [0.5, 0.6) is 5.75 Å². The zero-order chi connectivity index (χ0) is 21.2. The molecule has 0 amide bonds. The van der Waals surface area contributed by atoms with E-state index in [0.29, 0.717) is 5.56 Å². The van der Waals surface area contributed by atoms with E-state index >= 15 is 0 Å². The Hall–Kier alpha value is -3.36. The summed E-state index contributed by atoms with van der Waals surface area (Å²) in [7, 11) is 1.62. The number of rotatable bonds is 4. The van der Waals surface area contributed by atoms with Gasteiger partial charge in [0.15, 0.2) is 0 Å². The molecule has 1 heterocycles. The molecule has 0 saturated carbocycles. The molecule has 154 valence electrons. The van der Waals surface area contributed by atoms with E-state index in [1.807, 2.05) is 18.2 Å². The predicted octanol–water partition coefficient (Wildman–Crippen LogP) is 4.71. The molecule has 3 aromatic rings. The van der Waals surface area contributed by atoms with Crippen molar-refractivity contribution in [1.82, 2.24) is 4.90 Å². The van der Waals surface area contributed by atoms with E-state index in [4.69, 9.17) is 4.74 Å². The van der Waals surface area contributed by atoms with Crippen LogP contribution in [0.15, 0.2) is 78.9 Å². The van der Waals surface area contributed by atoms with Crippen LogP contribution in [0, 0.1) is 17.1 Å². The quantitative estimate of drug-likeness (QED) is 0.632. The van der Waals surface area contributed by atoms with Crippen LogP contribution in [0.1, 0.15) is 11.1 Å². The Labute approximate surface area is 177 Å². The molecule has 0 spiro atoms. The first-order valence-electron chi connectivity index (χ1n) is 9.99. The average Bonchev–Trinajstić information content (AvgIpc) is 2.81. The lowest BCUT2D eigenvalue weighted by atomic mass is 10.1. The van der Waals surface area contributed by atoms with E-state index in [1.165, 1.54) is 17.7 Å². The number of anilines is 1. The summed E-state index contributed by atoms with van der Waals surface area (Å²) in [5.74, 6) is 0.551. The lowest BCUT2D eigenvalue weighted by Crippen LogP contribution is -2.46. The van der Waals surface area contributed by atoms with Gasteiger partial charge in [-0.3, -0.25) is 4.90 Å². The molecule has 0 unspecified atom stereocenters. The van der Waals surface area contributed by atoms with Gasteiger partial charge in [0.25, 0.3) is 0 Å². The van der Waals surface area contributed by atoms with Crippen molar-refractivity contribution in [3.8, 4) is 11.8 Å². The topological polar surface area (TPSA) is 39.5 Å². The van der Waals surface area contributed by atoms with E-state index in [9.17, 15) is 9.65 Å². The van der Waals surface area contributed by atoms with Gasteiger partial charge >= 0.3 is 0 Å². The van der Waals surface area contributed by atoms with Crippen molar-refractivity contribution in [1.29, 1.82) is 5.26 Å². The van der Waals surface area contributed by atoms with Crippen LogP contribution in [0.2, 0.25) is 0 Å². The molecule has 4 nitrogen and oxygen atoms in total. The fraction of sp³-hybridized carbons (Fsp3) is 0.240. The number of nitriles is 1. The van der Waals surface area contributed by atoms with Crippen molar-refractivity contribution in [2.45, 2.75) is 6.54 Å². The summed E-state index contributed by atoms with van der Waals surface area (Å²) in [4.78, 5) is 4.75. The summed E-state index contributed by atoms with van der Waals surface area (Å²) in [6.07, 6.45) is 0. The van der Waals surface area contributed by atoms with Gasteiger partial charge in [0.2, 0.25) is 0 Å². The molecule has 1 aliphatic rings. The third kappa shape index (κ3) is 6.07. The standard InChI is InChI=1S/C19H21N3O.C6H5F/c1-23-18-7-8-19(17(13-18)14-20)22-11-9-21(10-12-22)15-16-5-3-2-4-6-16;7-6-4-2-1-3-5-6/h2-8,13H,9-12,15H2,1H3;1-5H. The molecule has 0 aliphatic carbocycles. The van der Waals surface area contributed by atoms with Crippen LogP contribution in [-0.4, -0.2) is 38.2 Å². The summed E-state index contributed by atoms with van der Waals surface area (Å²) < 4.78 is 17.1. The minimum atomic E-state index is -0.178. The molecule has 0 bridgehead atoms. The average molecular weight is 404 g/mol. The maximum Gasteiger partial charge on any atom is 0.123 e. The smallest absolute Gasteiger partial charge is 0.123 e. The molecule has 0 atom stereocenters. The van der Waals surface area contributed by atoms with Crippen LogP contribution in [-0.2, 0) is 6.54 Å². The SMILES string of the molecule is COc1ccc(N2CCN(Cc3ccccc3)CC2)c(C#N)c1.Fc1ccccc1. The molecule has 0 aromatic heterocycles. The molecule has 3 aromatic carbocycles. The van der Waals surface area contributed by atoms with E-state index in [-0.39, 0.29) is 5.82 Å². The number of methoxy groups -OCH3 is 1. The maximum atomic E-state index is 11.9. The minimum absolute atomic E-state index is 0.178. The zero-order valence-corrected chi connectivity index (χ0v) is 17.2. The Kier molecular flexibility index (Phi) is 7.82. The highest BCUT2D eigenvalue weighted by atomic mass is 19.1. The van der Waals surface area contributed by atoms with Gasteiger partial charge < -0.3 is 9.64 Å². The lowest BCUT2D eigenvalue weighted by Gasteiger charge is -2.36. The van der Waals surface area contributed by atoms with Gasteiger partial charge in [-0.15, -0.1) is 0 Å². The summed E-state index contributed by atoms with van der Waals surface area (Å²) in [6, 6.07) is 26.5. The number of nitrogens with zero attached hydrogens (tertiary/aromatic N) is 3. The van der Waals surface area contributed by atoms with Crippen LogP contribution in [0.4, 0.5) is 10.1 Å². The van der Waals surface area contributed by atoms with Crippen LogP contribution in [0.3, 0.4) is 0 Å². The van der Waals surface area contributed by atoms with Crippen molar-refractivity contribution in [3.05, 3.63) is 95.8 Å². The highest BCUT2D eigenvalue weighted by molar-refractivity contribution is 5.61. The fourth-order valence-corrected chi connectivity index (χ4v) is 3.41. The molecule has 0 radical (unpaired) electrons. The van der Waals surface area contributed by atoms with E-state index < -0.39 is 0 Å². The molecule has 5 heteroatoms. The molecular weight excluding hydrogens is 377 g/mol. The fourth-order valence-electron chi connectivity index (χ4n) is 3.41. The minimum Gasteiger partial charge on any atom is -0.497 e.